The topological polar surface area (TPSA) is 73.2 Å². The van der Waals surface area contributed by atoms with Crippen molar-refractivity contribution in [3.63, 3.8) is 0 Å². The predicted octanol–water partition coefficient (Wildman–Crippen LogP) is 1.88. The van der Waals surface area contributed by atoms with Gasteiger partial charge in [-0.2, -0.15) is 5.10 Å². The lowest BCUT2D eigenvalue weighted by Gasteiger charge is -2.10. The van der Waals surface area contributed by atoms with Gasteiger partial charge in [-0.25, -0.2) is 8.42 Å². The molecule has 1 aromatic carbocycles. The number of nitrogens with zero attached hydrogens (tertiary/aromatic N) is 2. The zero-order valence-corrected chi connectivity index (χ0v) is 11.9. The van der Waals surface area contributed by atoms with Gasteiger partial charge in [0.2, 0.25) is 0 Å². The Bertz CT molecular complexity index is 697. The summed E-state index contributed by atoms with van der Waals surface area (Å²) in [7, 11) is -0.716. The monoisotopic (exact) mass is 301 g/mol. The quantitative estimate of drug-likeness (QED) is 0.936. The summed E-state index contributed by atoms with van der Waals surface area (Å²) in [6, 6.07) is 5.93. The number of aromatic nitrogens is 2. The van der Waals surface area contributed by atoms with Gasteiger partial charge in [0, 0.05) is 24.3 Å². The molecular formula is C11H12ClN3O3S. The van der Waals surface area contributed by atoms with Crippen LogP contribution in [0.2, 0.25) is 5.02 Å². The van der Waals surface area contributed by atoms with Crippen molar-refractivity contribution in [2.75, 3.05) is 11.8 Å². The minimum Gasteiger partial charge on any atom is -0.495 e. The van der Waals surface area contributed by atoms with Gasteiger partial charge in [0.25, 0.3) is 10.0 Å². The molecule has 0 saturated carbocycles. The van der Waals surface area contributed by atoms with E-state index in [4.69, 9.17) is 16.3 Å². The van der Waals surface area contributed by atoms with Crippen LogP contribution in [0.4, 0.5) is 5.82 Å². The van der Waals surface area contributed by atoms with Crippen LogP contribution in [0.15, 0.2) is 35.4 Å². The fourth-order valence-electron chi connectivity index (χ4n) is 1.52. The first-order chi connectivity index (χ1) is 8.92. The van der Waals surface area contributed by atoms with Gasteiger partial charge in [0.15, 0.2) is 5.82 Å². The van der Waals surface area contributed by atoms with Crippen LogP contribution in [0.25, 0.3) is 0 Å². The molecule has 0 bridgehead atoms. The van der Waals surface area contributed by atoms with Gasteiger partial charge in [0.1, 0.15) is 10.6 Å². The molecule has 0 aliphatic carbocycles. The summed E-state index contributed by atoms with van der Waals surface area (Å²) in [5.74, 6) is 0.442. The van der Waals surface area contributed by atoms with E-state index >= 15 is 0 Å². The van der Waals surface area contributed by atoms with Gasteiger partial charge in [0.05, 0.1) is 7.11 Å². The van der Waals surface area contributed by atoms with Crippen LogP contribution in [-0.2, 0) is 17.1 Å². The van der Waals surface area contributed by atoms with Crippen LogP contribution >= 0.6 is 11.6 Å². The van der Waals surface area contributed by atoms with Crippen LogP contribution in [0.1, 0.15) is 0 Å². The van der Waals surface area contributed by atoms with Crippen molar-refractivity contribution in [1.82, 2.24) is 9.78 Å². The Kier molecular flexibility index (Phi) is 3.68. The molecule has 8 heteroatoms. The minimum absolute atomic E-state index is 0.0341. The molecule has 6 nitrogen and oxygen atoms in total. The number of halogens is 1. The number of nitrogens with one attached hydrogen (secondary N) is 1. The van der Waals surface area contributed by atoms with Gasteiger partial charge < -0.3 is 4.74 Å². The number of sulfonamides is 1. The van der Waals surface area contributed by atoms with E-state index in [9.17, 15) is 8.42 Å². The van der Waals surface area contributed by atoms with E-state index in [1.807, 2.05) is 0 Å². The lowest BCUT2D eigenvalue weighted by Crippen LogP contribution is -2.14. The Hall–Kier alpha value is -1.73. The molecule has 0 aliphatic rings. The minimum atomic E-state index is -3.80. The van der Waals surface area contributed by atoms with Crippen LogP contribution in [0.5, 0.6) is 5.75 Å². The fourth-order valence-corrected chi connectivity index (χ4v) is 2.95. The Morgan fingerprint density at radius 1 is 1.37 bits per heavy atom. The summed E-state index contributed by atoms with van der Waals surface area (Å²) < 4.78 is 33.4. The molecule has 1 heterocycles. The third-order valence-electron chi connectivity index (χ3n) is 2.37. The highest BCUT2D eigenvalue weighted by Gasteiger charge is 2.21. The number of anilines is 1. The molecule has 0 amide bonds. The van der Waals surface area contributed by atoms with E-state index in [-0.39, 0.29) is 16.5 Å². The summed E-state index contributed by atoms with van der Waals surface area (Å²) in [5, 5.41) is 4.26. The highest BCUT2D eigenvalue weighted by molar-refractivity contribution is 7.92. The Morgan fingerprint density at radius 2 is 2.11 bits per heavy atom. The van der Waals surface area contributed by atoms with Crippen LogP contribution in [0, 0.1) is 0 Å². The number of aryl methyl sites for hydroxylation is 1. The third kappa shape index (κ3) is 2.99. The van der Waals surface area contributed by atoms with Crippen molar-refractivity contribution < 1.29 is 13.2 Å². The fraction of sp³-hybridized carbons (Fsp3) is 0.182. The number of rotatable bonds is 4. The van der Waals surface area contributed by atoms with Crippen molar-refractivity contribution in [1.29, 1.82) is 0 Å². The van der Waals surface area contributed by atoms with E-state index in [0.29, 0.717) is 5.02 Å². The van der Waals surface area contributed by atoms with Crippen molar-refractivity contribution >= 4 is 27.4 Å². The number of benzene rings is 1. The standard InChI is InChI=1S/C11H12ClN3O3S/c1-15-6-5-11(13-15)14-19(16,17)10-7-8(12)3-4-9(10)18-2/h3-7H,1-2H3,(H,13,14). The molecule has 0 spiro atoms. The zero-order valence-electron chi connectivity index (χ0n) is 10.3. The number of ether oxygens (including phenoxy) is 1. The number of methoxy groups -OCH3 is 1. The summed E-state index contributed by atoms with van der Waals surface area (Å²) in [6.07, 6.45) is 1.63. The molecule has 2 rings (SSSR count). The van der Waals surface area contributed by atoms with Gasteiger partial charge >= 0.3 is 0 Å². The van der Waals surface area contributed by atoms with Crippen LogP contribution in [0.3, 0.4) is 0 Å². The first kappa shape index (κ1) is 13.7. The molecule has 19 heavy (non-hydrogen) atoms. The molecule has 0 fully saturated rings. The molecule has 102 valence electrons. The molecule has 0 aliphatic heterocycles. The molecule has 0 radical (unpaired) electrons. The summed E-state index contributed by atoms with van der Waals surface area (Å²) in [6.45, 7) is 0. The van der Waals surface area contributed by atoms with Gasteiger partial charge in [-0.15, -0.1) is 0 Å². The van der Waals surface area contributed by atoms with Crippen molar-refractivity contribution in [3.8, 4) is 5.75 Å². The van der Waals surface area contributed by atoms with E-state index in [2.05, 4.69) is 9.82 Å². The normalized spacial score (nSPS) is 11.3. The Balaban J connectivity index is 2.41. The lowest BCUT2D eigenvalue weighted by molar-refractivity contribution is 0.403. The average molecular weight is 302 g/mol. The molecule has 0 saturated heterocycles. The first-order valence-corrected chi connectivity index (χ1v) is 7.14. The average Bonchev–Trinajstić information content (AvgIpc) is 2.74. The van der Waals surface area contributed by atoms with E-state index in [0.717, 1.165) is 0 Å². The second kappa shape index (κ2) is 5.10. The highest BCUT2D eigenvalue weighted by Crippen LogP contribution is 2.28. The second-order valence-corrected chi connectivity index (χ2v) is 5.86. The maximum absolute atomic E-state index is 12.2. The van der Waals surface area contributed by atoms with Gasteiger partial charge in [-0.3, -0.25) is 9.40 Å². The molecular weight excluding hydrogens is 290 g/mol. The molecule has 0 unspecified atom stereocenters. The SMILES string of the molecule is COc1ccc(Cl)cc1S(=O)(=O)Nc1ccn(C)n1. The molecule has 0 atom stereocenters. The van der Waals surface area contributed by atoms with E-state index < -0.39 is 10.0 Å². The maximum Gasteiger partial charge on any atom is 0.266 e. The highest BCUT2D eigenvalue weighted by atomic mass is 35.5. The third-order valence-corrected chi connectivity index (χ3v) is 3.98. The predicted molar refractivity (Wildman–Crippen MR) is 72.0 cm³/mol. The maximum atomic E-state index is 12.2. The largest absolute Gasteiger partial charge is 0.495 e. The van der Waals surface area contributed by atoms with Gasteiger partial charge in [-0.1, -0.05) is 11.6 Å². The van der Waals surface area contributed by atoms with Crippen molar-refractivity contribution in [2.45, 2.75) is 4.90 Å². The number of hydrogen-bond donors (Lipinski definition) is 1. The second-order valence-electron chi connectivity index (χ2n) is 3.78. The van der Waals surface area contributed by atoms with Gasteiger partial charge in [-0.05, 0) is 18.2 Å². The molecule has 2 aromatic rings. The van der Waals surface area contributed by atoms with E-state index in [1.54, 1.807) is 25.4 Å². The van der Waals surface area contributed by atoms with Crippen molar-refractivity contribution in [2.24, 2.45) is 7.05 Å². The first-order valence-electron chi connectivity index (χ1n) is 5.28. The summed E-state index contributed by atoms with van der Waals surface area (Å²) >= 11 is 5.82. The lowest BCUT2D eigenvalue weighted by atomic mass is 10.3. The summed E-state index contributed by atoms with van der Waals surface area (Å²) in [5.41, 5.74) is 0. The van der Waals surface area contributed by atoms with E-state index in [1.165, 1.54) is 23.9 Å². The van der Waals surface area contributed by atoms with Crippen LogP contribution in [-0.4, -0.2) is 25.3 Å². The molecule has 1 N–H and O–H groups in total. The molecule has 1 aromatic heterocycles. The number of hydrogen-bond acceptors (Lipinski definition) is 4. The Morgan fingerprint density at radius 3 is 2.68 bits per heavy atom. The smallest absolute Gasteiger partial charge is 0.266 e. The Labute approximate surface area is 116 Å². The zero-order chi connectivity index (χ0) is 14.0. The van der Waals surface area contributed by atoms with Crippen molar-refractivity contribution in [3.05, 3.63) is 35.5 Å². The van der Waals surface area contributed by atoms with Crippen LogP contribution < -0.4 is 9.46 Å². The summed E-state index contributed by atoms with van der Waals surface area (Å²) in [4.78, 5) is -0.0341.